The lowest BCUT2D eigenvalue weighted by Crippen LogP contribution is -2.33. The molecule has 1 N–H and O–H groups in total. The van der Waals surface area contributed by atoms with Crippen molar-refractivity contribution >= 4 is 11.8 Å². The van der Waals surface area contributed by atoms with Crippen LogP contribution in [0.2, 0.25) is 0 Å². The van der Waals surface area contributed by atoms with Crippen molar-refractivity contribution in [1.29, 1.82) is 0 Å². The van der Waals surface area contributed by atoms with Gasteiger partial charge in [0.15, 0.2) is 0 Å². The van der Waals surface area contributed by atoms with E-state index in [1.54, 1.807) is 0 Å². The van der Waals surface area contributed by atoms with E-state index in [-0.39, 0.29) is 6.03 Å². The first-order chi connectivity index (χ1) is 9.58. The average Bonchev–Trinajstić information content (AvgIpc) is 2.83. The molecule has 5 heteroatoms. The van der Waals surface area contributed by atoms with Crippen molar-refractivity contribution < 1.29 is 9.53 Å². The molecule has 5 nitrogen and oxygen atoms in total. The van der Waals surface area contributed by atoms with Crippen molar-refractivity contribution in [3.63, 3.8) is 0 Å². The van der Waals surface area contributed by atoms with Gasteiger partial charge in [0.25, 0.3) is 0 Å². The van der Waals surface area contributed by atoms with Crippen molar-refractivity contribution in [3.05, 3.63) is 23.4 Å². The molecule has 1 fully saturated rings. The molecular weight excluding hydrogens is 254 g/mol. The quantitative estimate of drug-likeness (QED) is 0.920. The Bertz CT molecular complexity index is 456. The van der Waals surface area contributed by atoms with Gasteiger partial charge in [-0.25, -0.2) is 9.78 Å². The standard InChI is InChI=1S/C15H23N3O2/c1-4-20-10-13-5-6-18(9-13)15(19)17-14-8-11(2)7-12(3)16-14/h7-8,13H,4-6,9-10H2,1-3H3,(H,16,17,19). The summed E-state index contributed by atoms with van der Waals surface area (Å²) in [4.78, 5) is 18.4. The minimum absolute atomic E-state index is 0.0681. The van der Waals surface area contributed by atoms with E-state index in [9.17, 15) is 4.79 Å². The third-order valence-electron chi connectivity index (χ3n) is 3.46. The number of rotatable bonds is 4. The molecule has 1 aliphatic rings. The summed E-state index contributed by atoms with van der Waals surface area (Å²) in [7, 11) is 0. The summed E-state index contributed by atoms with van der Waals surface area (Å²) in [6, 6.07) is 3.81. The SMILES string of the molecule is CCOCC1CCN(C(=O)Nc2cc(C)cc(C)n2)C1. The number of anilines is 1. The molecule has 1 atom stereocenters. The van der Waals surface area contributed by atoms with Crippen molar-refractivity contribution in [2.45, 2.75) is 27.2 Å². The van der Waals surface area contributed by atoms with Crippen LogP contribution in [0.25, 0.3) is 0 Å². The van der Waals surface area contributed by atoms with Crippen molar-refractivity contribution in [1.82, 2.24) is 9.88 Å². The third kappa shape index (κ3) is 3.93. The summed E-state index contributed by atoms with van der Waals surface area (Å²) >= 11 is 0. The number of aromatic nitrogens is 1. The van der Waals surface area contributed by atoms with Gasteiger partial charge in [-0.3, -0.25) is 5.32 Å². The minimum atomic E-state index is -0.0681. The zero-order valence-electron chi connectivity index (χ0n) is 12.5. The molecule has 2 rings (SSSR count). The molecule has 1 aliphatic heterocycles. The molecule has 2 amide bonds. The van der Waals surface area contributed by atoms with E-state index in [0.717, 1.165) is 44.0 Å². The normalized spacial score (nSPS) is 18.4. The van der Waals surface area contributed by atoms with E-state index in [1.807, 2.05) is 37.8 Å². The number of aryl methyl sites for hydroxylation is 2. The Morgan fingerprint density at radius 3 is 3.00 bits per heavy atom. The average molecular weight is 277 g/mol. The van der Waals surface area contributed by atoms with Gasteiger partial charge in [-0.15, -0.1) is 0 Å². The van der Waals surface area contributed by atoms with E-state index in [4.69, 9.17) is 4.74 Å². The number of carbonyl (C=O) groups excluding carboxylic acids is 1. The van der Waals surface area contributed by atoms with Crippen LogP contribution in [0.15, 0.2) is 12.1 Å². The maximum Gasteiger partial charge on any atom is 0.323 e. The fourth-order valence-electron chi connectivity index (χ4n) is 2.53. The lowest BCUT2D eigenvalue weighted by Gasteiger charge is -2.17. The molecule has 1 saturated heterocycles. The number of hydrogen-bond acceptors (Lipinski definition) is 3. The van der Waals surface area contributed by atoms with Crippen LogP contribution in [0.3, 0.4) is 0 Å². The number of amides is 2. The van der Waals surface area contributed by atoms with Crippen molar-refractivity contribution in [2.75, 3.05) is 31.6 Å². The molecule has 1 aromatic rings. The summed E-state index contributed by atoms with van der Waals surface area (Å²) in [5.41, 5.74) is 2.01. The zero-order chi connectivity index (χ0) is 14.5. The number of ether oxygens (including phenoxy) is 1. The molecule has 2 heterocycles. The minimum Gasteiger partial charge on any atom is -0.381 e. The van der Waals surface area contributed by atoms with Gasteiger partial charge in [-0.2, -0.15) is 0 Å². The number of nitrogens with one attached hydrogen (secondary N) is 1. The van der Waals surface area contributed by atoms with Crippen LogP contribution in [-0.4, -0.2) is 42.2 Å². The highest BCUT2D eigenvalue weighted by Crippen LogP contribution is 2.18. The topological polar surface area (TPSA) is 54.5 Å². The first-order valence-electron chi connectivity index (χ1n) is 7.17. The molecule has 0 aromatic carbocycles. The van der Waals surface area contributed by atoms with Gasteiger partial charge in [0.1, 0.15) is 5.82 Å². The first-order valence-corrected chi connectivity index (χ1v) is 7.17. The summed E-state index contributed by atoms with van der Waals surface area (Å²) in [6.07, 6.45) is 1.01. The van der Waals surface area contributed by atoms with Gasteiger partial charge in [-0.1, -0.05) is 0 Å². The Morgan fingerprint density at radius 2 is 2.30 bits per heavy atom. The molecule has 110 valence electrons. The van der Waals surface area contributed by atoms with Crippen LogP contribution < -0.4 is 5.32 Å². The number of pyridine rings is 1. The van der Waals surface area contributed by atoms with Crippen molar-refractivity contribution in [3.8, 4) is 0 Å². The lowest BCUT2D eigenvalue weighted by atomic mass is 10.1. The lowest BCUT2D eigenvalue weighted by molar-refractivity contribution is 0.113. The van der Waals surface area contributed by atoms with Crippen LogP contribution in [0, 0.1) is 19.8 Å². The monoisotopic (exact) mass is 277 g/mol. The van der Waals surface area contributed by atoms with E-state index >= 15 is 0 Å². The summed E-state index contributed by atoms with van der Waals surface area (Å²) in [5.74, 6) is 1.08. The number of hydrogen-bond donors (Lipinski definition) is 1. The highest BCUT2D eigenvalue weighted by molar-refractivity contribution is 5.88. The maximum atomic E-state index is 12.2. The number of urea groups is 1. The van der Waals surface area contributed by atoms with E-state index in [1.165, 1.54) is 0 Å². The van der Waals surface area contributed by atoms with Crippen molar-refractivity contribution in [2.24, 2.45) is 5.92 Å². The highest BCUT2D eigenvalue weighted by atomic mass is 16.5. The van der Waals surface area contributed by atoms with E-state index in [0.29, 0.717) is 11.7 Å². The Hall–Kier alpha value is -1.62. The second-order valence-electron chi connectivity index (χ2n) is 5.36. The van der Waals surface area contributed by atoms with Gasteiger partial charge >= 0.3 is 6.03 Å². The fourth-order valence-corrected chi connectivity index (χ4v) is 2.53. The van der Waals surface area contributed by atoms with Gasteiger partial charge < -0.3 is 9.64 Å². The van der Waals surface area contributed by atoms with Gasteiger partial charge in [-0.05, 0) is 44.9 Å². The molecule has 0 bridgehead atoms. The molecule has 0 aliphatic carbocycles. The third-order valence-corrected chi connectivity index (χ3v) is 3.46. The molecule has 0 spiro atoms. The number of likely N-dealkylation sites (tertiary alicyclic amines) is 1. The van der Waals surface area contributed by atoms with Gasteiger partial charge in [0.2, 0.25) is 0 Å². The van der Waals surface area contributed by atoms with Crippen LogP contribution in [0.1, 0.15) is 24.6 Å². The summed E-state index contributed by atoms with van der Waals surface area (Å²) in [5, 5.41) is 2.88. The predicted octanol–water partition coefficient (Wildman–Crippen LogP) is 2.59. The Labute approximate surface area is 120 Å². The Kier molecular flexibility index (Phi) is 4.95. The van der Waals surface area contributed by atoms with Gasteiger partial charge in [0.05, 0.1) is 6.61 Å². The molecular formula is C15H23N3O2. The molecule has 20 heavy (non-hydrogen) atoms. The van der Waals surface area contributed by atoms with Crippen LogP contribution in [-0.2, 0) is 4.74 Å². The smallest absolute Gasteiger partial charge is 0.323 e. The van der Waals surface area contributed by atoms with Gasteiger partial charge in [0, 0.05) is 31.3 Å². The number of nitrogens with zero attached hydrogens (tertiary/aromatic N) is 2. The highest BCUT2D eigenvalue weighted by Gasteiger charge is 2.26. The molecule has 0 radical (unpaired) electrons. The predicted molar refractivity (Wildman–Crippen MR) is 78.9 cm³/mol. The molecule has 1 aromatic heterocycles. The van der Waals surface area contributed by atoms with E-state index < -0.39 is 0 Å². The maximum absolute atomic E-state index is 12.2. The number of carbonyl (C=O) groups is 1. The first kappa shape index (κ1) is 14.8. The van der Waals surface area contributed by atoms with Crippen LogP contribution >= 0.6 is 0 Å². The Morgan fingerprint density at radius 1 is 1.50 bits per heavy atom. The Balaban J connectivity index is 1.89. The largest absolute Gasteiger partial charge is 0.381 e. The molecule has 0 saturated carbocycles. The second kappa shape index (κ2) is 6.70. The summed E-state index contributed by atoms with van der Waals surface area (Å²) < 4.78 is 5.42. The van der Waals surface area contributed by atoms with Crippen LogP contribution in [0.4, 0.5) is 10.6 Å². The van der Waals surface area contributed by atoms with E-state index in [2.05, 4.69) is 10.3 Å². The second-order valence-corrected chi connectivity index (χ2v) is 5.36. The zero-order valence-corrected chi connectivity index (χ0v) is 12.5. The summed E-state index contributed by atoms with van der Waals surface area (Å²) in [6.45, 7) is 8.93. The molecule has 1 unspecified atom stereocenters. The fraction of sp³-hybridized carbons (Fsp3) is 0.600. The van der Waals surface area contributed by atoms with Crippen LogP contribution in [0.5, 0.6) is 0 Å².